The van der Waals surface area contributed by atoms with E-state index in [2.05, 4.69) is 57.1 Å². The molecule has 0 atom stereocenters. The molecular weight excluding hydrogens is 250 g/mol. The van der Waals surface area contributed by atoms with Crippen LogP contribution in [0.15, 0.2) is 43.1 Å². The number of rotatable bonds is 3. The van der Waals surface area contributed by atoms with Crippen LogP contribution in [-0.2, 0) is 6.54 Å². The molecule has 0 N–H and O–H groups in total. The first-order valence-electron chi connectivity index (χ1n) is 6.90. The van der Waals surface area contributed by atoms with E-state index in [1.165, 1.54) is 16.5 Å². The molecule has 0 spiro atoms. The lowest BCUT2D eigenvalue weighted by atomic mass is 10.1. The van der Waals surface area contributed by atoms with Crippen molar-refractivity contribution in [2.75, 3.05) is 20.1 Å². The summed E-state index contributed by atoms with van der Waals surface area (Å²) in [5, 5.41) is 5.45. The Hall–Kier alpha value is -2.14. The van der Waals surface area contributed by atoms with Crippen molar-refractivity contribution in [3.8, 4) is 0 Å². The van der Waals surface area contributed by atoms with Gasteiger partial charge in [0.2, 0.25) is 0 Å². The highest BCUT2D eigenvalue weighted by Gasteiger charge is 2.25. The van der Waals surface area contributed by atoms with Gasteiger partial charge in [0, 0.05) is 24.8 Å². The fourth-order valence-electron chi connectivity index (χ4n) is 2.97. The Morgan fingerprint density at radius 1 is 1.25 bits per heavy atom. The summed E-state index contributed by atoms with van der Waals surface area (Å²) in [5.74, 6) is 0. The Balaban J connectivity index is 1.64. The molecule has 1 fully saturated rings. The van der Waals surface area contributed by atoms with E-state index in [-0.39, 0.29) is 0 Å². The number of hydrogen-bond donors (Lipinski definition) is 0. The SMILES string of the molecule is CN1CC(n2ccc3cc(Cn4cncn4)ccc32)C1. The standard InChI is InChI=1S/C15H17N5/c1-18-8-14(9-18)20-5-4-13-6-12(2-3-15(13)20)7-19-11-16-10-17-19/h2-6,10-11,14H,7-9H2,1H3. The van der Waals surface area contributed by atoms with E-state index >= 15 is 0 Å². The van der Waals surface area contributed by atoms with Crippen LogP contribution in [0.25, 0.3) is 10.9 Å². The average molecular weight is 267 g/mol. The number of likely N-dealkylation sites (N-methyl/N-ethyl adjacent to an activating group) is 1. The number of aromatic nitrogens is 4. The third kappa shape index (κ3) is 1.91. The molecule has 0 saturated carbocycles. The van der Waals surface area contributed by atoms with Crippen molar-refractivity contribution >= 4 is 10.9 Å². The maximum Gasteiger partial charge on any atom is 0.137 e. The summed E-state index contributed by atoms with van der Waals surface area (Å²) < 4.78 is 4.24. The minimum atomic E-state index is 0.624. The molecule has 5 heteroatoms. The number of nitrogens with zero attached hydrogens (tertiary/aromatic N) is 5. The molecule has 3 aromatic rings. The Labute approximate surface area is 117 Å². The van der Waals surface area contributed by atoms with Gasteiger partial charge in [0.15, 0.2) is 0 Å². The van der Waals surface area contributed by atoms with Crippen molar-refractivity contribution in [3.63, 3.8) is 0 Å². The van der Waals surface area contributed by atoms with Crippen molar-refractivity contribution in [3.05, 3.63) is 48.7 Å². The predicted octanol–water partition coefficient (Wildman–Crippen LogP) is 1.77. The lowest BCUT2D eigenvalue weighted by Gasteiger charge is -2.37. The zero-order valence-electron chi connectivity index (χ0n) is 11.5. The van der Waals surface area contributed by atoms with E-state index < -0.39 is 0 Å². The molecule has 0 unspecified atom stereocenters. The van der Waals surface area contributed by atoms with Crippen molar-refractivity contribution in [2.24, 2.45) is 0 Å². The Kier molecular flexibility index (Phi) is 2.60. The van der Waals surface area contributed by atoms with Crippen LogP contribution in [0.1, 0.15) is 11.6 Å². The van der Waals surface area contributed by atoms with Gasteiger partial charge in [-0.25, -0.2) is 9.67 Å². The van der Waals surface area contributed by atoms with Crippen LogP contribution in [0, 0.1) is 0 Å². The van der Waals surface area contributed by atoms with Gasteiger partial charge in [0.05, 0.1) is 12.6 Å². The highest BCUT2D eigenvalue weighted by molar-refractivity contribution is 5.81. The third-order valence-electron chi connectivity index (χ3n) is 4.03. The monoisotopic (exact) mass is 267 g/mol. The highest BCUT2D eigenvalue weighted by Crippen LogP contribution is 2.26. The van der Waals surface area contributed by atoms with Crippen molar-refractivity contribution < 1.29 is 0 Å². The molecule has 102 valence electrons. The quantitative estimate of drug-likeness (QED) is 0.726. The van der Waals surface area contributed by atoms with E-state index in [9.17, 15) is 0 Å². The minimum absolute atomic E-state index is 0.624. The molecule has 0 amide bonds. The summed E-state index contributed by atoms with van der Waals surface area (Å²) in [4.78, 5) is 6.32. The third-order valence-corrected chi connectivity index (χ3v) is 4.03. The van der Waals surface area contributed by atoms with E-state index in [0.29, 0.717) is 6.04 Å². The summed E-state index contributed by atoms with van der Waals surface area (Å²) in [6, 6.07) is 9.48. The lowest BCUT2D eigenvalue weighted by molar-refractivity contribution is 0.144. The van der Waals surface area contributed by atoms with Crippen LogP contribution >= 0.6 is 0 Å². The summed E-state index contributed by atoms with van der Waals surface area (Å²) in [6.45, 7) is 3.06. The average Bonchev–Trinajstić information content (AvgIpc) is 3.04. The first kappa shape index (κ1) is 11.7. The minimum Gasteiger partial charge on any atom is -0.342 e. The molecule has 20 heavy (non-hydrogen) atoms. The zero-order valence-corrected chi connectivity index (χ0v) is 11.5. The van der Waals surface area contributed by atoms with Crippen LogP contribution < -0.4 is 0 Å². The molecule has 1 aromatic carbocycles. The second kappa shape index (κ2) is 4.45. The summed E-state index contributed by atoms with van der Waals surface area (Å²) in [7, 11) is 2.17. The first-order valence-corrected chi connectivity index (χ1v) is 6.90. The van der Waals surface area contributed by atoms with Gasteiger partial charge in [-0.2, -0.15) is 5.10 Å². The molecule has 1 aliphatic rings. The fourth-order valence-corrected chi connectivity index (χ4v) is 2.97. The molecular formula is C15H17N5. The number of fused-ring (bicyclic) bond motifs is 1. The lowest BCUT2D eigenvalue weighted by Crippen LogP contribution is -2.44. The van der Waals surface area contributed by atoms with Gasteiger partial charge >= 0.3 is 0 Å². The van der Waals surface area contributed by atoms with Gasteiger partial charge in [-0.1, -0.05) is 6.07 Å². The summed E-state index contributed by atoms with van der Waals surface area (Å²) in [6.07, 6.45) is 5.53. The predicted molar refractivity (Wildman–Crippen MR) is 77.6 cm³/mol. The van der Waals surface area contributed by atoms with E-state index in [1.54, 1.807) is 12.7 Å². The number of benzene rings is 1. The molecule has 1 saturated heterocycles. The molecule has 0 radical (unpaired) electrons. The molecule has 1 aliphatic heterocycles. The van der Waals surface area contributed by atoms with Crippen molar-refractivity contribution in [1.82, 2.24) is 24.2 Å². The highest BCUT2D eigenvalue weighted by atomic mass is 15.3. The summed E-state index contributed by atoms with van der Waals surface area (Å²) >= 11 is 0. The van der Waals surface area contributed by atoms with Crippen LogP contribution in [0.2, 0.25) is 0 Å². The van der Waals surface area contributed by atoms with Gasteiger partial charge in [0.25, 0.3) is 0 Å². The van der Waals surface area contributed by atoms with Crippen molar-refractivity contribution in [2.45, 2.75) is 12.6 Å². The molecule has 3 heterocycles. The van der Waals surface area contributed by atoms with Crippen LogP contribution in [-0.4, -0.2) is 44.4 Å². The Bertz CT molecular complexity index is 722. The smallest absolute Gasteiger partial charge is 0.137 e. The van der Waals surface area contributed by atoms with Gasteiger partial charge in [0.1, 0.15) is 12.7 Å². The van der Waals surface area contributed by atoms with Crippen LogP contribution in [0.3, 0.4) is 0 Å². The van der Waals surface area contributed by atoms with Crippen LogP contribution in [0.5, 0.6) is 0 Å². The number of likely N-dealkylation sites (tertiary alicyclic amines) is 1. The number of hydrogen-bond acceptors (Lipinski definition) is 3. The topological polar surface area (TPSA) is 38.9 Å². The second-order valence-corrected chi connectivity index (χ2v) is 5.58. The molecule has 0 bridgehead atoms. The van der Waals surface area contributed by atoms with Gasteiger partial charge in [-0.3, -0.25) is 0 Å². The van der Waals surface area contributed by atoms with Gasteiger partial charge in [-0.15, -0.1) is 0 Å². The Morgan fingerprint density at radius 3 is 2.90 bits per heavy atom. The molecule has 2 aromatic heterocycles. The second-order valence-electron chi connectivity index (χ2n) is 5.58. The first-order chi connectivity index (χ1) is 9.79. The van der Waals surface area contributed by atoms with Crippen LogP contribution in [0.4, 0.5) is 0 Å². The van der Waals surface area contributed by atoms with Crippen molar-refractivity contribution in [1.29, 1.82) is 0 Å². The van der Waals surface area contributed by atoms with E-state index in [4.69, 9.17) is 0 Å². The van der Waals surface area contributed by atoms with E-state index in [1.807, 2.05) is 4.68 Å². The molecule has 4 rings (SSSR count). The largest absolute Gasteiger partial charge is 0.342 e. The normalized spacial score (nSPS) is 16.6. The Morgan fingerprint density at radius 2 is 2.15 bits per heavy atom. The zero-order chi connectivity index (χ0) is 13.5. The fraction of sp³-hybridized carbons (Fsp3) is 0.333. The summed E-state index contributed by atoms with van der Waals surface area (Å²) in [5.41, 5.74) is 2.58. The van der Waals surface area contributed by atoms with E-state index in [0.717, 1.165) is 19.6 Å². The maximum atomic E-state index is 4.15. The van der Waals surface area contributed by atoms with Gasteiger partial charge in [-0.05, 0) is 36.2 Å². The van der Waals surface area contributed by atoms with Gasteiger partial charge < -0.3 is 9.47 Å². The maximum absolute atomic E-state index is 4.15. The molecule has 5 nitrogen and oxygen atoms in total. The molecule has 0 aliphatic carbocycles.